The molecule has 0 heterocycles. The molecule has 0 aromatic carbocycles. The average molecular weight is 183 g/mol. The zero-order valence-corrected chi connectivity index (χ0v) is 9.81. The second-order valence-electron chi connectivity index (χ2n) is 4.20. The van der Waals surface area contributed by atoms with E-state index in [1.807, 2.05) is 0 Å². The summed E-state index contributed by atoms with van der Waals surface area (Å²) in [6.45, 7) is 6.90. The second-order valence-corrected chi connectivity index (χ2v) is 4.20. The third-order valence-electron chi connectivity index (χ3n) is 2.64. The van der Waals surface area contributed by atoms with Gasteiger partial charge in [0, 0.05) is 0 Å². The molecule has 0 rings (SSSR count). The van der Waals surface area contributed by atoms with Gasteiger partial charge in [0.15, 0.2) is 0 Å². The maximum atomic E-state index is 2.52. The molecule has 0 bridgehead atoms. The maximum absolute atomic E-state index is 2.52. The molecule has 0 saturated carbocycles. The SMILES string of the molecule is CCCCCC[CH]C(C)CCCC. The Morgan fingerprint density at radius 3 is 2.23 bits per heavy atom. The van der Waals surface area contributed by atoms with Crippen molar-refractivity contribution in [2.45, 2.75) is 72.1 Å². The summed E-state index contributed by atoms with van der Waals surface area (Å²) in [4.78, 5) is 0. The zero-order chi connectivity index (χ0) is 9.94. The van der Waals surface area contributed by atoms with Gasteiger partial charge in [0.1, 0.15) is 0 Å². The van der Waals surface area contributed by atoms with Crippen molar-refractivity contribution < 1.29 is 0 Å². The van der Waals surface area contributed by atoms with Gasteiger partial charge in [-0.2, -0.15) is 0 Å². The standard InChI is InChI=1S/C13H27/c1-4-6-8-9-10-12-13(3)11-7-5-2/h12-13H,4-11H2,1-3H3. The first kappa shape index (κ1) is 13.0. The van der Waals surface area contributed by atoms with Crippen LogP contribution in [-0.2, 0) is 0 Å². The summed E-state index contributed by atoms with van der Waals surface area (Å²) in [5.74, 6) is 0.849. The molecule has 79 valence electrons. The number of hydrogen-bond donors (Lipinski definition) is 0. The Labute approximate surface area is 85.1 Å². The predicted octanol–water partition coefficient (Wildman–Crippen LogP) is 4.99. The highest BCUT2D eigenvalue weighted by molar-refractivity contribution is 4.72. The van der Waals surface area contributed by atoms with Crippen molar-refractivity contribution in [1.82, 2.24) is 0 Å². The van der Waals surface area contributed by atoms with Crippen molar-refractivity contribution >= 4 is 0 Å². The summed E-state index contributed by atoms with van der Waals surface area (Å²) >= 11 is 0. The molecule has 0 heteroatoms. The largest absolute Gasteiger partial charge is 0.0654 e. The van der Waals surface area contributed by atoms with Crippen LogP contribution in [0, 0.1) is 12.3 Å². The van der Waals surface area contributed by atoms with E-state index < -0.39 is 0 Å². The molecule has 0 saturated heterocycles. The van der Waals surface area contributed by atoms with Gasteiger partial charge in [-0.1, -0.05) is 65.7 Å². The van der Waals surface area contributed by atoms with Crippen LogP contribution in [0.1, 0.15) is 72.1 Å². The quantitative estimate of drug-likeness (QED) is 0.442. The lowest BCUT2D eigenvalue weighted by molar-refractivity contribution is 0.533. The monoisotopic (exact) mass is 183 g/mol. The summed E-state index contributed by atoms with van der Waals surface area (Å²) in [6.07, 6.45) is 13.6. The molecule has 1 radical (unpaired) electrons. The van der Waals surface area contributed by atoms with Crippen LogP contribution < -0.4 is 0 Å². The third kappa shape index (κ3) is 9.92. The smallest absolute Gasteiger partial charge is 0.0358 e. The van der Waals surface area contributed by atoms with Crippen molar-refractivity contribution in [3.63, 3.8) is 0 Å². The van der Waals surface area contributed by atoms with Crippen LogP contribution in [0.2, 0.25) is 0 Å². The van der Waals surface area contributed by atoms with E-state index in [4.69, 9.17) is 0 Å². The summed E-state index contributed by atoms with van der Waals surface area (Å²) in [5.41, 5.74) is 0. The zero-order valence-electron chi connectivity index (χ0n) is 9.81. The number of rotatable bonds is 9. The third-order valence-corrected chi connectivity index (χ3v) is 2.64. The predicted molar refractivity (Wildman–Crippen MR) is 61.7 cm³/mol. The molecule has 0 aromatic heterocycles. The Morgan fingerprint density at radius 1 is 0.923 bits per heavy atom. The Morgan fingerprint density at radius 2 is 1.62 bits per heavy atom. The maximum Gasteiger partial charge on any atom is -0.0358 e. The van der Waals surface area contributed by atoms with Gasteiger partial charge < -0.3 is 0 Å². The topological polar surface area (TPSA) is 0 Å². The molecule has 0 aromatic rings. The van der Waals surface area contributed by atoms with E-state index in [2.05, 4.69) is 27.2 Å². The Hall–Kier alpha value is 0. The lowest BCUT2D eigenvalue weighted by Crippen LogP contribution is -1.95. The van der Waals surface area contributed by atoms with E-state index >= 15 is 0 Å². The number of unbranched alkanes of at least 4 members (excludes halogenated alkanes) is 5. The van der Waals surface area contributed by atoms with Crippen LogP contribution in [0.25, 0.3) is 0 Å². The van der Waals surface area contributed by atoms with E-state index in [0.29, 0.717) is 0 Å². The first-order valence-corrected chi connectivity index (χ1v) is 6.14. The lowest BCUT2D eigenvalue weighted by Gasteiger charge is -2.09. The molecule has 0 N–H and O–H groups in total. The molecule has 1 unspecified atom stereocenters. The first-order valence-electron chi connectivity index (χ1n) is 6.14. The highest BCUT2D eigenvalue weighted by atomic mass is 14.1. The molecule has 13 heavy (non-hydrogen) atoms. The molecule has 1 atom stereocenters. The first-order chi connectivity index (χ1) is 6.31. The molecular weight excluding hydrogens is 156 g/mol. The van der Waals surface area contributed by atoms with E-state index in [-0.39, 0.29) is 0 Å². The van der Waals surface area contributed by atoms with Gasteiger partial charge >= 0.3 is 0 Å². The van der Waals surface area contributed by atoms with Crippen LogP contribution in [0.3, 0.4) is 0 Å². The molecule has 0 aliphatic heterocycles. The van der Waals surface area contributed by atoms with E-state index in [1.54, 1.807) is 0 Å². The van der Waals surface area contributed by atoms with Gasteiger partial charge in [0.25, 0.3) is 0 Å². The highest BCUT2D eigenvalue weighted by Crippen LogP contribution is 2.15. The molecular formula is C13H27. The fraction of sp³-hybridized carbons (Fsp3) is 0.923. The van der Waals surface area contributed by atoms with Crippen molar-refractivity contribution in [2.24, 2.45) is 5.92 Å². The minimum Gasteiger partial charge on any atom is -0.0654 e. The average Bonchev–Trinajstić information content (AvgIpc) is 2.14. The summed E-state index contributed by atoms with van der Waals surface area (Å²) in [5, 5.41) is 0. The van der Waals surface area contributed by atoms with Crippen molar-refractivity contribution in [2.75, 3.05) is 0 Å². The van der Waals surface area contributed by atoms with E-state index in [0.717, 1.165) is 5.92 Å². The van der Waals surface area contributed by atoms with Gasteiger partial charge in [0.2, 0.25) is 0 Å². The Bertz CT molecular complexity index is 86.0. The van der Waals surface area contributed by atoms with Crippen molar-refractivity contribution in [3.05, 3.63) is 6.42 Å². The minimum atomic E-state index is 0.849. The van der Waals surface area contributed by atoms with E-state index in [1.165, 1.54) is 51.4 Å². The Balaban J connectivity index is 3.03. The van der Waals surface area contributed by atoms with Crippen LogP contribution in [0.5, 0.6) is 0 Å². The molecule has 0 fully saturated rings. The minimum absolute atomic E-state index is 0.849. The van der Waals surface area contributed by atoms with Crippen LogP contribution in [0.15, 0.2) is 0 Å². The van der Waals surface area contributed by atoms with Crippen molar-refractivity contribution in [3.8, 4) is 0 Å². The number of hydrogen-bond acceptors (Lipinski definition) is 0. The molecule has 0 amide bonds. The van der Waals surface area contributed by atoms with Crippen LogP contribution in [-0.4, -0.2) is 0 Å². The van der Waals surface area contributed by atoms with Crippen LogP contribution in [0.4, 0.5) is 0 Å². The summed E-state index contributed by atoms with van der Waals surface area (Å²) in [6, 6.07) is 0. The fourth-order valence-electron chi connectivity index (χ4n) is 1.62. The Kier molecular flexibility index (Phi) is 10.1. The second kappa shape index (κ2) is 10.1. The van der Waals surface area contributed by atoms with E-state index in [9.17, 15) is 0 Å². The summed E-state index contributed by atoms with van der Waals surface area (Å²) in [7, 11) is 0. The fourth-order valence-corrected chi connectivity index (χ4v) is 1.62. The van der Waals surface area contributed by atoms with Gasteiger partial charge in [-0.3, -0.25) is 0 Å². The van der Waals surface area contributed by atoms with Crippen LogP contribution >= 0.6 is 0 Å². The summed E-state index contributed by atoms with van der Waals surface area (Å²) < 4.78 is 0. The molecule has 0 spiro atoms. The van der Waals surface area contributed by atoms with Gasteiger partial charge in [-0.05, 0) is 18.8 Å². The van der Waals surface area contributed by atoms with Gasteiger partial charge in [-0.25, -0.2) is 0 Å². The molecule has 0 aliphatic carbocycles. The van der Waals surface area contributed by atoms with Crippen molar-refractivity contribution in [1.29, 1.82) is 0 Å². The van der Waals surface area contributed by atoms with Gasteiger partial charge in [-0.15, -0.1) is 0 Å². The van der Waals surface area contributed by atoms with Gasteiger partial charge in [0.05, 0.1) is 0 Å². The highest BCUT2D eigenvalue weighted by Gasteiger charge is 2.00. The molecule has 0 aliphatic rings. The lowest BCUT2D eigenvalue weighted by atomic mass is 9.97. The molecule has 0 nitrogen and oxygen atoms in total. The normalized spacial score (nSPS) is 13.2.